The fraction of sp³-hybridized carbons (Fsp3) is 0.640. The Morgan fingerprint density at radius 3 is 2.79 bits per heavy atom. The molecule has 0 spiro atoms. The molecule has 0 aromatic carbocycles. The van der Waals surface area contributed by atoms with Crippen molar-refractivity contribution in [2.45, 2.75) is 84.5 Å². The smallest absolute Gasteiger partial charge is 0.331 e. The van der Waals surface area contributed by atoms with E-state index in [1.807, 2.05) is 0 Å². The van der Waals surface area contributed by atoms with E-state index in [9.17, 15) is 9.90 Å². The van der Waals surface area contributed by atoms with Crippen LogP contribution in [0.25, 0.3) is 0 Å². The van der Waals surface area contributed by atoms with E-state index in [1.54, 1.807) is 0 Å². The number of aliphatic hydroxyl groups is 1. The minimum Gasteiger partial charge on any atom is -0.458 e. The highest BCUT2D eigenvalue weighted by molar-refractivity contribution is 5.85. The molecule has 0 saturated heterocycles. The van der Waals surface area contributed by atoms with Gasteiger partial charge in [-0.05, 0) is 75.7 Å². The number of hydrogen-bond acceptors (Lipinski definition) is 4. The van der Waals surface area contributed by atoms with Crippen molar-refractivity contribution in [3.63, 3.8) is 0 Å². The molecule has 0 aromatic rings. The Morgan fingerprint density at radius 2 is 2.21 bits per heavy atom. The van der Waals surface area contributed by atoms with Crippen molar-refractivity contribution in [2.24, 2.45) is 11.3 Å². The summed E-state index contributed by atoms with van der Waals surface area (Å²) in [5, 5.41) is 10.3. The number of carbonyl (C=O) groups excluding carboxylic acids is 1. The molecule has 160 valence electrons. The van der Waals surface area contributed by atoms with E-state index in [4.69, 9.17) is 9.47 Å². The molecule has 0 amide bonds. The summed E-state index contributed by atoms with van der Waals surface area (Å²) < 4.78 is 10.6. The Kier molecular flexibility index (Phi) is 7.18. The van der Waals surface area contributed by atoms with E-state index in [0.717, 1.165) is 36.3 Å². The molecule has 1 fully saturated rings. The first-order valence-electron chi connectivity index (χ1n) is 11.0. The second kappa shape index (κ2) is 9.44. The Bertz CT molecular complexity index is 729. The molecule has 4 unspecified atom stereocenters. The first-order valence-corrected chi connectivity index (χ1v) is 11.0. The van der Waals surface area contributed by atoms with Crippen molar-refractivity contribution in [2.75, 3.05) is 6.61 Å². The lowest BCUT2D eigenvalue weighted by molar-refractivity contribution is -0.135. The van der Waals surface area contributed by atoms with Crippen molar-refractivity contribution < 1.29 is 19.4 Å². The summed E-state index contributed by atoms with van der Waals surface area (Å²) in [7, 11) is 0. The van der Waals surface area contributed by atoms with Gasteiger partial charge < -0.3 is 14.6 Å². The Hall–Kier alpha value is -1.65. The minimum absolute atomic E-state index is 0.260. The summed E-state index contributed by atoms with van der Waals surface area (Å²) in [6, 6.07) is 0. The molecular weight excluding hydrogens is 364 g/mol. The summed E-state index contributed by atoms with van der Waals surface area (Å²) in [6.07, 6.45) is 13.3. The maximum absolute atomic E-state index is 11.2. The van der Waals surface area contributed by atoms with Crippen LogP contribution in [0.15, 0.2) is 47.1 Å². The van der Waals surface area contributed by atoms with Crippen molar-refractivity contribution in [1.82, 2.24) is 0 Å². The van der Waals surface area contributed by atoms with Crippen LogP contribution in [0.2, 0.25) is 0 Å². The van der Waals surface area contributed by atoms with Crippen LogP contribution in [-0.2, 0) is 14.3 Å². The van der Waals surface area contributed by atoms with Crippen molar-refractivity contribution in [3.05, 3.63) is 47.1 Å². The van der Waals surface area contributed by atoms with E-state index < -0.39 is 6.29 Å². The molecule has 0 aromatic heterocycles. The van der Waals surface area contributed by atoms with Gasteiger partial charge in [-0.15, -0.1) is 0 Å². The van der Waals surface area contributed by atoms with Gasteiger partial charge in [0.1, 0.15) is 6.61 Å². The summed E-state index contributed by atoms with van der Waals surface area (Å²) in [4.78, 5) is 11.2. The van der Waals surface area contributed by atoms with E-state index in [-0.39, 0.29) is 18.7 Å². The van der Waals surface area contributed by atoms with Crippen molar-refractivity contribution >= 4 is 5.97 Å². The first-order chi connectivity index (χ1) is 13.8. The number of esters is 1. The first kappa shape index (κ1) is 22.0. The van der Waals surface area contributed by atoms with E-state index in [2.05, 4.69) is 39.5 Å². The molecule has 29 heavy (non-hydrogen) atoms. The summed E-state index contributed by atoms with van der Waals surface area (Å²) in [5.41, 5.74) is 4.83. The van der Waals surface area contributed by atoms with Gasteiger partial charge in [0.15, 0.2) is 6.29 Å². The van der Waals surface area contributed by atoms with Gasteiger partial charge in [0.05, 0.1) is 6.10 Å². The SMILES string of the molecule is C=C(C)C1(CCC(C)=CCCC2=CCC(C3=CC(=O)OC3)OC2O)CCCC1C. The van der Waals surface area contributed by atoms with Crippen LogP contribution in [0.1, 0.15) is 72.1 Å². The number of allylic oxidation sites excluding steroid dienone is 3. The molecule has 4 nitrogen and oxygen atoms in total. The normalized spacial score (nSPS) is 32.8. The Morgan fingerprint density at radius 1 is 1.41 bits per heavy atom. The lowest BCUT2D eigenvalue weighted by Gasteiger charge is -2.35. The van der Waals surface area contributed by atoms with Gasteiger partial charge in [-0.3, -0.25) is 0 Å². The van der Waals surface area contributed by atoms with Gasteiger partial charge in [-0.1, -0.05) is 43.2 Å². The van der Waals surface area contributed by atoms with E-state index in [0.29, 0.717) is 11.8 Å². The maximum Gasteiger partial charge on any atom is 0.331 e. The molecule has 4 atom stereocenters. The van der Waals surface area contributed by atoms with Crippen LogP contribution in [-0.4, -0.2) is 30.1 Å². The van der Waals surface area contributed by atoms with Crippen molar-refractivity contribution in [3.8, 4) is 0 Å². The summed E-state index contributed by atoms with van der Waals surface area (Å²) >= 11 is 0. The minimum atomic E-state index is -0.898. The quantitative estimate of drug-likeness (QED) is 0.438. The number of aliphatic hydroxyl groups excluding tert-OH is 1. The second-order valence-electron chi connectivity index (χ2n) is 9.14. The third kappa shape index (κ3) is 5.10. The van der Waals surface area contributed by atoms with Crippen LogP contribution in [0.3, 0.4) is 0 Å². The lowest BCUT2D eigenvalue weighted by Crippen LogP contribution is -2.29. The predicted octanol–water partition coefficient (Wildman–Crippen LogP) is 5.39. The number of ether oxygens (including phenoxy) is 2. The van der Waals surface area contributed by atoms with E-state index in [1.165, 1.54) is 42.9 Å². The number of rotatable bonds is 8. The largest absolute Gasteiger partial charge is 0.458 e. The van der Waals surface area contributed by atoms with Crippen LogP contribution in [0, 0.1) is 11.3 Å². The van der Waals surface area contributed by atoms with Crippen LogP contribution < -0.4 is 0 Å². The van der Waals surface area contributed by atoms with Gasteiger partial charge in [0.25, 0.3) is 0 Å². The molecule has 1 N–H and O–H groups in total. The van der Waals surface area contributed by atoms with Crippen LogP contribution >= 0.6 is 0 Å². The predicted molar refractivity (Wildman–Crippen MR) is 115 cm³/mol. The number of carbonyl (C=O) groups is 1. The monoisotopic (exact) mass is 400 g/mol. The second-order valence-corrected chi connectivity index (χ2v) is 9.14. The highest BCUT2D eigenvalue weighted by Crippen LogP contribution is 2.51. The molecule has 0 radical (unpaired) electrons. The topological polar surface area (TPSA) is 55.8 Å². The fourth-order valence-electron chi connectivity index (χ4n) is 5.17. The van der Waals surface area contributed by atoms with Crippen molar-refractivity contribution in [1.29, 1.82) is 0 Å². The third-order valence-electron chi connectivity index (χ3n) is 7.25. The summed E-state index contributed by atoms with van der Waals surface area (Å²) in [5.74, 6) is 0.407. The standard InChI is InChI=1S/C25H36O4/c1-17(2)25(13-6-8-19(25)4)14-12-18(3)7-5-9-20-10-11-22(29-24(20)27)21-15-23(26)28-16-21/h7,10,15,19,22,24,27H,1,5-6,8-9,11-14,16H2,2-4H3. The van der Waals surface area contributed by atoms with Gasteiger partial charge in [0.2, 0.25) is 0 Å². The molecule has 1 aliphatic carbocycles. The Labute approximate surface area is 175 Å². The highest BCUT2D eigenvalue weighted by atomic mass is 16.6. The van der Waals surface area contributed by atoms with Crippen LogP contribution in [0.5, 0.6) is 0 Å². The molecule has 0 bridgehead atoms. The molecule has 2 heterocycles. The number of hydrogen-bond donors (Lipinski definition) is 1. The average molecular weight is 401 g/mol. The third-order valence-corrected chi connectivity index (χ3v) is 7.25. The molecule has 3 aliphatic rings. The van der Waals surface area contributed by atoms with Gasteiger partial charge in [-0.25, -0.2) is 4.79 Å². The maximum atomic E-state index is 11.2. The Balaban J connectivity index is 1.48. The van der Waals surface area contributed by atoms with Gasteiger partial charge in [-0.2, -0.15) is 0 Å². The fourth-order valence-corrected chi connectivity index (χ4v) is 5.17. The number of cyclic esters (lactones) is 1. The molecule has 2 aliphatic heterocycles. The average Bonchev–Trinajstić information content (AvgIpc) is 3.27. The zero-order chi connectivity index (χ0) is 21.0. The molecular formula is C25H36O4. The lowest BCUT2D eigenvalue weighted by atomic mass is 9.70. The zero-order valence-corrected chi connectivity index (χ0v) is 18.2. The zero-order valence-electron chi connectivity index (χ0n) is 18.2. The van der Waals surface area contributed by atoms with Gasteiger partial charge in [0, 0.05) is 11.6 Å². The molecule has 4 heteroatoms. The van der Waals surface area contributed by atoms with Crippen LogP contribution in [0.4, 0.5) is 0 Å². The molecule has 1 saturated carbocycles. The summed E-state index contributed by atoms with van der Waals surface area (Å²) in [6.45, 7) is 11.4. The van der Waals surface area contributed by atoms with Gasteiger partial charge >= 0.3 is 5.97 Å². The highest BCUT2D eigenvalue weighted by Gasteiger charge is 2.40. The van der Waals surface area contributed by atoms with E-state index >= 15 is 0 Å². The molecule has 3 rings (SSSR count).